The Morgan fingerprint density at radius 3 is 2.88 bits per heavy atom. The summed E-state index contributed by atoms with van der Waals surface area (Å²) in [6, 6.07) is 4.25. The summed E-state index contributed by atoms with van der Waals surface area (Å²) >= 11 is 3.30. The van der Waals surface area contributed by atoms with E-state index in [1.807, 2.05) is 0 Å². The van der Waals surface area contributed by atoms with Gasteiger partial charge in [0.2, 0.25) is 5.91 Å². The number of methoxy groups -OCH3 is 1. The third-order valence-corrected chi connectivity index (χ3v) is 2.78. The minimum Gasteiger partial charge on any atom is -0.494 e. The number of halogens is 2. The molecule has 0 fully saturated rings. The van der Waals surface area contributed by atoms with Gasteiger partial charge in [0.05, 0.1) is 7.11 Å². The van der Waals surface area contributed by atoms with Crippen LogP contribution in [0, 0.1) is 5.82 Å². The van der Waals surface area contributed by atoms with Gasteiger partial charge in [0.15, 0.2) is 11.6 Å². The highest BCUT2D eigenvalue weighted by molar-refractivity contribution is 9.09. The molecule has 17 heavy (non-hydrogen) atoms. The van der Waals surface area contributed by atoms with Crippen LogP contribution in [0.25, 0.3) is 0 Å². The van der Waals surface area contributed by atoms with E-state index in [9.17, 15) is 9.18 Å². The molecule has 1 rings (SSSR count). The van der Waals surface area contributed by atoms with Gasteiger partial charge in [0.1, 0.15) is 0 Å². The van der Waals surface area contributed by atoms with E-state index in [0.717, 1.165) is 18.2 Å². The molecule has 0 aliphatic heterocycles. The molecule has 1 N–H and O–H groups in total. The smallest absolute Gasteiger partial charge is 0.224 e. The molecule has 0 heterocycles. The van der Waals surface area contributed by atoms with Crippen LogP contribution in [0.4, 0.5) is 10.1 Å². The molecule has 0 unspecified atom stereocenters. The molecular weight excluding hydrogens is 289 g/mol. The molecule has 5 heteroatoms. The molecule has 3 nitrogen and oxygen atoms in total. The van der Waals surface area contributed by atoms with E-state index in [-0.39, 0.29) is 11.7 Å². The number of ether oxygens (including phenoxy) is 1. The Bertz CT molecular complexity index is 385. The largest absolute Gasteiger partial charge is 0.494 e. The Balaban J connectivity index is 2.53. The van der Waals surface area contributed by atoms with Crippen LogP contribution in [-0.2, 0) is 4.79 Å². The first kappa shape index (κ1) is 14.0. The molecule has 0 aliphatic carbocycles. The fourth-order valence-corrected chi connectivity index (χ4v) is 1.74. The average Bonchev–Trinajstić information content (AvgIpc) is 2.32. The van der Waals surface area contributed by atoms with Crippen molar-refractivity contribution in [3.63, 3.8) is 0 Å². The van der Waals surface area contributed by atoms with Crippen LogP contribution in [0.3, 0.4) is 0 Å². The van der Waals surface area contributed by atoms with Gasteiger partial charge in [-0.05, 0) is 25.0 Å². The van der Waals surface area contributed by atoms with Gasteiger partial charge in [-0.15, -0.1) is 0 Å². The minimum atomic E-state index is -0.440. The first-order chi connectivity index (χ1) is 8.17. The van der Waals surface area contributed by atoms with Gasteiger partial charge in [0.25, 0.3) is 0 Å². The monoisotopic (exact) mass is 303 g/mol. The van der Waals surface area contributed by atoms with Crippen LogP contribution in [-0.4, -0.2) is 18.3 Å². The van der Waals surface area contributed by atoms with Gasteiger partial charge < -0.3 is 10.1 Å². The SMILES string of the molecule is COc1cc(NC(=O)CCCCBr)ccc1F. The fourth-order valence-electron chi connectivity index (χ4n) is 1.34. The molecule has 1 aromatic rings. The maximum Gasteiger partial charge on any atom is 0.224 e. The first-order valence-corrected chi connectivity index (χ1v) is 6.49. The van der Waals surface area contributed by atoms with Gasteiger partial charge in [-0.25, -0.2) is 4.39 Å². The van der Waals surface area contributed by atoms with Gasteiger partial charge in [-0.2, -0.15) is 0 Å². The molecule has 1 aromatic carbocycles. The summed E-state index contributed by atoms with van der Waals surface area (Å²) in [5, 5.41) is 3.60. The van der Waals surface area contributed by atoms with Crippen LogP contribution >= 0.6 is 15.9 Å². The highest BCUT2D eigenvalue weighted by Crippen LogP contribution is 2.21. The lowest BCUT2D eigenvalue weighted by Crippen LogP contribution is -2.11. The number of carbonyl (C=O) groups is 1. The van der Waals surface area contributed by atoms with Crippen LogP contribution in [0.2, 0.25) is 0 Å². The summed E-state index contributed by atoms with van der Waals surface area (Å²) in [4.78, 5) is 11.5. The summed E-state index contributed by atoms with van der Waals surface area (Å²) in [6.45, 7) is 0. The second kappa shape index (κ2) is 7.27. The third-order valence-electron chi connectivity index (χ3n) is 2.22. The number of benzene rings is 1. The van der Waals surface area contributed by atoms with Gasteiger partial charge >= 0.3 is 0 Å². The zero-order chi connectivity index (χ0) is 12.7. The molecule has 0 radical (unpaired) electrons. The van der Waals surface area contributed by atoms with E-state index in [1.54, 1.807) is 0 Å². The van der Waals surface area contributed by atoms with Crippen molar-refractivity contribution in [2.24, 2.45) is 0 Å². The molecule has 0 spiro atoms. The van der Waals surface area contributed by atoms with Crippen molar-refractivity contribution in [2.75, 3.05) is 17.8 Å². The zero-order valence-electron chi connectivity index (χ0n) is 9.63. The van der Waals surface area contributed by atoms with E-state index in [1.165, 1.54) is 25.3 Å². The normalized spacial score (nSPS) is 10.1. The third kappa shape index (κ3) is 4.73. The maximum absolute atomic E-state index is 13.1. The second-order valence-corrected chi connectivity index (χ2v) is 4.34. The van der Waals surface area contributed by atoms with E-state index >= 15 is 0 Å². The predicted octanol–water partition coefficient (Wildman–Crippen LogP) is 3.34. The van der Waals surface area contributed by atoms with Crippen molar-refractivity contribution >= 4 is 27.5 Å². The Hall–Kier alpha value is -1.10. The highest BCUT2D eigenvalue weighted by Gasteiger charge is 2.06. The number of anilines is 1. The van der Waals surface area contributed by atoms with E-state index in [2.05, 4.69) is 21.2 Å². The Labute approximate surface area is 108 Å². The summed E-state index contributed by atoms with van der Waals surface area (Å²) in [6.07, 6.45) is 2.25. The average molecular weight is 304 g/mol. The molecule has 0 saturated carbocycles. The van der Waals surface area contributed by atoms with Crippen molar-refractivity contribution in [1.82, 2.24) is 0 Å². The standard InChI is InChI=1S/C12H15BrFNO2/c1-17-11-8-9(5-6-10(11)14)15-12(16)4-2-3-7-13/h5-6,8H,2-4,7H2,1H3,(H,15,16). The van der Waals surface area contributed by atoms with E-state index in [0.29, 0.717) is 12.1 Å². The highest BCUT2D eigenvalue weighted by atomic mass is 79.9. The topological polar surface area (TPSA) is 38.3 Å². The predicted molar refractivity (Wildman–Crippen MR) is 69.2 cm³/mol. The Morgan fingerprint density at radius 1 is 1.47 bits per heavy atom. The number of alkyl halides is 1. The second-order valence-electron chi connectivity index (χ2n) is 3.54. The summed E-state index contributed by atoms with van der Waals surface area (Å²) in [5.74, 6) is -0.382. The number of amides is 1. The number of hydrogen-bond donors (Lipinski definition) is 1. The summed E-state index contributed by atoms with van der Waals surface area (Å²) in [7, 11) is 1.39. The van der Waals surface area contributed by atoms with Crippen molar-refractivity contribution in [2.45, 2.75) is 19.3 Å². The van der Waals surface area contributed by atoms with Crippen molar-refractivity contribution in [3.8, 4) is 5.75 Å². The van der Waals surface area contributed by atoms with E-state index in [4.69, 9.17) is 4.74 Å². The van der Waals surface area contributed by atoms with Crippen molar-refractivity contribution in [3.05, 3.63) is 24.0 Å². The molecule has 0 atom stereocenters. The van der Waals surface area contributed by atoms with Gasteiger partial charge in [0, 0.05) is 23.5 Å². The van der Waals surface area contributed by atoms with Crippen LogP contribution in [0.5, 0.6) is 5.75 Å². The number of unbranched alkanes of at least 4 members (excludes halogenated alkanes) is 1. The van der Waals surface area contributed by atoms with Gasteiger partial charge in [-0.1, -0.05) is 15.9 Å². The van der Waals surface area contributed by atoms with Crippen molar-refractivity contribution in [1.29, 1.82) is 0 Å². The number of rotatable bonds is 6. The number of nitrogens with one attached hydrogen (secondary N) is 1. The van der Waals surface area contributed by atoms with Crippen LogP contribution in [0.1, 0.15) is 19.3 Å². The fraction of sp³-hybridized carbons (Fsp3) is 0.417. The zero-order valence-corrected chi connectivity index (χ0v) is 11.2. The molecule has 1 amide bonds. The molecule has 0 aliphatic rings. The molecule has 94 valence electrons. The Morgan fingerprint density at radius 2 is 2.24 bits per heavy atom. The maximum atomic E-state index is 13.1. The summed E-state index contributed by atoms with van der Waals surface area (Å²) in [5.41, 5.74) is 0.548. The van der Waals surface area contributed by atoms with Gasteiger partial charge in [-0.3, -0.25) is 4.79 Å². The number of hydrogen-bond acceptors (Lipinski definition) is 2. The first-order valence-electron chi connectivity index (χ1n) is 5.36. The lowest BCUT2D eigenvalue weighted by Gasteiger charge is -2.07. The molecule has 0 saturated heterocycles. The summed E-state index contributed by atoms with van der Waals surface area (Å²) < 4.78 is 17.9. The lowest BCUT2D eigenvalue weighted by atomic mass is 10.2. The number of carbonyl (C=O) groups excluding carboxylic acids is 1. The van der Waals surface area contributed by atoms with Crippen LogP contribution in [0.15, 0.2) is 18.2 Å². The van der Waals surface area contributed by atoms with E-state index < -0.39 is 5.82 Å². The van der Waals surface area contributed by atoms with Crippen LogP contribution < -0.4 is 10.1 Å². The minimum absolute atomic E-state index is 0.0698. The molecule has 0 bridgehead atoms. The Kier molecular flexibility index (Phi) is 5.97. The molecular formula is C12H15BrFNO2. The quantitative estimate of drug-likeness (QED) is 0.646. The lowest BCUT2D eigenvalue weighted by molar-refractivity contribution is -0.116. The van der Waals surface area contributed by atoms with Crippen molar-refractivity contribution < 1.29 is 13.9 Å². The molecule has 0 aromatic heterocycles.